The van der Waals surface area contributed by atoms with Gasteiger partial charge in [0.1, 0.15) is 5.75 Å². The number of ether oxygens (including phenoxy) is 1. The van der Waals surface area contributed by atoms with Crippen molar-refractivity contribution in [3.8, 4) is 5.75 Å². The highest BCUT2D eigenvalue weighted by molar-refractivity contribution is 5.81. The van der Waals surface area contributed by atoms with Crippen LogP contribution < -0.4 is 10.1 Å². The highest BCUT2D eigenvalue weighted by atomic mass is 16.5. The van der Waals surface area contributed by atoms with Gasteiger partial charge in [0.25, 0.3) is 5.91 Å². The Balaban J connectivity index is 2.02. The van der Waals surface area contributed by atoms with E-state index in [0.29, 0.717) is 12.2 Å². The molecule has 0 radical (unpaired) electrons. The lowest BCUT2D eigenvalue weighted by Crippen LogP contribution is -2.38. The van der Waals surface area contributed by atoms with Crippen LogP contribution in [0, 0.1) is 0 Å². The van der Waals surface area contributed by atoms with Crippen molar-refractivity contribution in [1.82, 2.24) is 5.32 Å². The smallest absolute Gasteiger partial charge is 0.303 e. The van der Waals surface area contributed by atoms with Gasteiger partial charge >= 0.3 is 5.97 Å². The van der Waals surface area contributed by atoms with Crippen molar-refractivity contribution in [2.24, 2.45) is 0 Å². The van der Waals surface area contributed by atoms with Crippen LogP contribution in [0.25, 0.3) is 0 Å². The van der Waals surface area contributed by atoms with Crippen molar-refractivity contribution < 1.29 is 19.4 Å². The number of nitrogens with one attached hydrogen (secondary N) is 1. The monoisotopic (exact) mass is 327 g/mol. The Kier molecular flexibility index (Phi) is 6.37. The van der Waals surface area contributed by atoms with E-state index in [-0.39, 0.29) is 18.4 Å². The molecule has 126 valence electrons. The number of aliphatic carboxylic acids is 1. The molecule has 0 saturated carbocycles. The lowest BCUT2D eigenvalue weighted by atomic mass is 10.0. The topological polar surface area (TPSA) is 75.6 Å². The summed E-state index contributed by atoms with van der Waals surface area (Å²) < 4.78 is 5.61. The molecule has 0 aliphatic rings. The summed E-state index contributed by atoms with van der Waals surface area (Å²) in [5.74, 6) is -0.557. The number of carboxylic acid groups (broad SMARTS) is 1. The molecule has 2 atom stereocenters. The van der Waals surface area contributed by atoms with E-state index in [1.54, 1.807) is 19.1 Å². The minimum atomic E-state index is -0.890. The number of carbonyl (C=O) groups excluding carboxylic acids is 1. The molecule has 1 amide bonds. The van der Waals surface area contributed by atoms with Crippen LogP contribution in [0.15, 0.2) is 60.7 Å². The highest BCUT2D eigenvalue weighted by Crippen LogP contribution is 2.19. The molecule has 0 heterocycles. The Labute approximate surface area is 141 Å². The maximum Gasteiger partial charge on any atom is 0.303 e. The lowest BCUT2D eigenvalue weighted by molar-refractivity contribution is -0.137. The summed E-state index contributed by atoms with van der Waals surface area (Å²) in [6.07, 6.45) is -0.375. The quantitative estimate of drug-likeness (QED) is 0.781. The fourth-order valence-corrected chi connectivity index (χ4v) is 2.32. The number of para-hydroxylation sites is 1. The van der Waals surface area contributed by atoms with Crippen LogP contribution in [0.1, 0.15) is 31.4 Å². The summed E-state index contributed by atoms with van der Waals surface area (Å²) in [7, 11) is 0. The van der Waals surface area contributed by atoms with Crippen molar-refractivity contribution in [2.45, 2.75) is 31.9 Å². The van der Waals surface area contributed by atoms with Crippen LogP contribution in [0.5, 0.6) is 5.75 Å². The van der Waals surface area contributed by atoms with Gasteiger partial charge in [-0.25, -0.2) is 0 Å². The number of carboxylic acids is 1. The van der Waals surface area contributed by atoms with Crippen LogP contribution >= 0.6 is 0 Å². The van der Waals surface area contributed by atoms with E-state index in [2.05, 4.69) is 5.32 Å². The molecule has 0 aliphatic carbocycles. The molecule has 0 fully saturated rings. The summed E-state index contributed by atoms with van der Waals surface area (Å²) in [5.41, 5.74) is 0.874. The minimum absolute atomic E-state index is 0.0201. The summed E-state index contributed by atoms with van der Waals surface area (Å²) in [6, 6.07) is 18.1. The Hall–Kier alpha value is -2.82. The van der Waals surface area contributed by atoms with Crippen LogP contribution in [0.4, 0.5) is 0 Å². The molecule has 0 saturated heterocycles. The fourth-order valence-electron chi connectivity index (χ4n) is 2.32. The molecule has 0 aliphatic heterocycles. The van der Waals surface area contributed by atoms with E-state index in [4.69, 9.17) is 9.84 Å². The molecular weight excluding hydrogens is 306 g/mol. The first-order valence-electron chi connectivity index (χ1n) is 7.85. The summed E-state index contributed by atoms with van der Waals surface area (Å²) in [4.78, 5) is 23.3. The van der Waals surface area contributed by atoms with Gasteiger partial charge in [0, 0.05) is 6.42 Å². The molecule has 0 spiro atoms. The van der Waals surface area contributed by atoms with Gasteiger partial charge < -0.3 is 15.2 Å². The van der Waals surface area contributed by atoms with Gasteiger partial charge in [-0.2, -0.15) is 0 Å². The number of benzene rings is 2. The van der Waals surface area contributed by atoms with Gasteiger partial charge in [0.2, 0.25) is 0 Å². The largest absolute Gasteiger partial charge is 0.481 e. The molecular formula is C19H21NO4. The molecule has 0 aromatic heterocycles. The highest BCUT2D eigenvalue weighted by Gasteiger charge is 2.21. The van der Waals surface area contributed by atoms with Gasteiger partial charge in [-0.1, -0.05) is 48.5 Å². The molecule has 0 bridgehead atoms. The third-order valence-electron chi connectivity index (χ3n) is 3.59. The maximum absolute atomic E-state index is 12.4. The first-order chi connectivity index (χ1) is 11.6. The molecule has 2 unspecified atom stereocenters. The molecule has 2 aromatic rings. The van der Waals surface area contributed by atoms with Crippen molar-refractivity contribution in [1.29, 1.82) is 0 Å². The van der Waals surface area contributed by atoms with Gasteiger partial charge in [-0.05, 0) is 31.0 Å². The lowest BCUT2D eigenvalue weighted by Gasteiger charge is -2.21. The molecule has 5 nitrogen and oxygen atoms in total. The summed E-state index contributed by atoms with van der Waals surface area (Å²) in [6.45, 7) is 1.67. The second-order valence-corrected chi connectivity index (χ2v) is 5.48. The van der Waals surface area contributed by atoms with E-state index >= 15 is 0 Å². The fraction of sp³-hybridized carbons (Fsp3) is 0.263. The second kappa shape index (κ2) is 8.72. The SMILES string of the molecule is CC(Oc1ccccc1)C(=O)NC(CCC(=O)O)c1ccccc1. The third kappa shape index (κ3) is 5.43. The van der Waals surface area contributed by atoms with Crippen LogP contribution in [0.2, 0.25) is 0 Å². The van der Waals surface area contributed by atoms with Gasteiger partial charge in [0.15, 0.2) is 6.10 Å². The normalized spacial score (nSPS) is 12.9. The predicted molar refractivity (Wildman–Crippen MR) is 90.7 cm³/mol. The predicted octanol–water partition coefficient (Wildman–Crippen LogP) is 3.18. The molecule has 2 aromatic carbocycles. The van der Waals surface area contributed by atoms with Crippen molar-refractivity contribution >= 4 is 11.9 Å². The zero-order valence-corrected chi connectivity index (χ0v) is 13.5. The van der Waals surface area contributed by atoms with E-state index in [1.165, 1.54) is 0 Å². The minimum Gasteiger partial charge on any atom is -0.481 e. The first-order valence-corrected chi connectivity index (χ1v) is 7.85. The zero-order valence-electron chi connectivity index (χ0n) is 13.5. The second-order valence-electron chi connectivity index (χ2n) is 5.48. The number of amides is 1. The van der Waals surface area contributed by atoms with Crippen molar-refractivity contribution in [3.63, 3.8) is 0 Å². The van der Waals surface area contributed by atoms with Crippen molar-refractivity contribution in [2.75, 3.05) is 0 Å². The first kappa shape index (κ1) is 17.5. The third-order valence-corrected chi connectivity index (χ3v) is 3.59. The van der Waals surface area contributed by atoms with Gasteiger partial charge in [-0.15, -0.1) is 0 Å². The average molecular weight is 327 g/mol. The number of hydrogen-bond donors (Lipinski definition) is 2. The molecule has 24 heavy (non-hydrogen) atoms. The number of carbonyl (C=O) groups is 2. The van der Waals surface area contributed by atoms with E-state index in [0.717, 1.165) is 5.56 Å². The Morgan fingerprint density at radius 3 is 2.21 bits per heavy atom. The molecule has 2 rings (SSSR count). The number of rotatable bonds is 8. The number of hydrogen-bond acceptors (Lipinski definition) is 3. The summed E-state index contributed by atoms with van der Waals surface area (Å²) >= 11 is 0. The summed E-state index contributed by atoms with van der Waals surface area (Å²) in [5, 5.41) is 11.8. The van der Waals surface area contributed by atoms with Crippen LogP contribution in [0.3, 0.4) is 0 Å². The van der Waals surface area contributed by atoms with Gasteiger partial charge in [-0.3, -0.25) is 9.59 Å². The molecule has 2 N–H and O–H groups in total. The van der Waals surface area contributed by atoms with E-state index < -0.39 is 12.1 Å². The molecule has 5 heteroatoms. The Morgan fingerprint density at radius 2 is 1.62 bits per heavy atom. The van der Waals surface area contributed by atoms with Gasteiger partial charge in [0.05, 0.1) is 6.04 Å². The Morgan fingerprint density at radius 1 is 1.04 bits per heavy atom. The van der Waals surface area contributed by atoms with Crippen LogP contribution in [-0.2, 0) is 9.59 Å². The van der Waals surface area contributed by atoms with E-state index in [1.807, 2.05) is 48.5 Å². The average Bonchev–Trinajstić information content (AvgIpc) is 2.59. The van der Waals surface area contributed by atoms with E-state index in [9.17, 15) is 9.59 Å². The van der Waals surface area contributed by atoms with Crippen molar-refractivity contribution in [3.05, 3.63) is 66.2 Å². The standard InChI is InChI=1S/C19H21NO4/c1-14(24-16-10-6-3-7-11-16)19(23)20-17(12-13-18(21)22)15-8-4-2-5-9-15/h2-11,14,17H,12-13H2,1H3,(H,20,23)(H,21,22). The maximum atomic E-state index is 12.4. The Bertz CT molecular complexity index is 658. The zero-order chi connectivity index (χ0) is 17.4. The van der Waals surface area contributed by atoms with Crippen LogP contribution in [-0.4, -0.2) is 23.1 Å².